The summed E-state index contributed by atoms with van der Waals surface area (Å²) >= 11 is 1.90. The van der Waals surface area contributed by atoms with Crippen LogP contribution in [0.5, 0.6) is 0 Å². The number of benzene rings is 1. The molecule has 0 saturated carbocycles. The second kappa shape index (κ2) is 12.5. The predicted octanol–water partition coefficient (Wildman–Crippen LogP) is 2.26. The Labute approximate surface area is 183 Å². The molecular weight excluding hydrogens is 419 g/mol. The Morgan fingerprint density at radius 1 is 1.25 bits per heavy atom. The number of anilines is 1. The van der Waals surface area contributed by atoms with E-state index in [4.69, 9.17) is 5.73 Å². The van der Waals surface area contributed by atoms with E-state index >= 15 is 0 Å². The summed E-state index contributed by atoms with van der Waals surface area (Å²) in [5.41, 5.74) is 7.42. The van der Waals surface area contributed by atoms with Crippen molar-refractivity contribution >= 4 is 54.1 Å². The highest BCUT2D eigenvalue weighted by atomic mass is 35.5. The third-order valence-electron chi connectivity index (χ3n) is 5.04. The van der Waals surface area contributed by atoms with Crippen LogP contribution >= 0.6 is 36.6 Å². The number of nitrogens with zero attached hydrogens (tertiary/aromatic N) is 1. The number of piperidine rings is 1. The maximum Gasteiger partial charge on any atom is 0.225 e. The average Bonchev–Trinajstić information content (AvgIpc) is 2.63. The first-order chi connectivity index (χ1) is 12.6. The standard InChI is InChI=1S/C19H28N4O2S.2ClH/c20-19(25)15-4-7-23(8-5-15)12-14-2-1-3-16(10-14)22-18(24)11-17-13-26-9-6-21-17;;/h1-3,10,15,17,21H,4-9,11-13H2,(H2,20,25)(H,22,24);2*1H. The summed E-state index contributed by atoms with van der Waals surface area (Å²) in [6, 6.07) is 8.30. The number of amides is 2. The summed E-state index contributed by atoms with van der Waals surface area (Å²) in [5.74, 6) is 2.01. The van der Waals surface area contributed by atoms with Crippen LogP contribution in [0.15, 0.2) is 24.3 Å². The molecule has 2 heterocycles. The number of halogens is 2. The van der Waals surface area contributed by atoms with Crippen LogP contribution in [0.2, 0.25) is 0 Å². The van der Waals surface area contributed by atoms with Crippen LogP contribution in [0, 0.1) is 5.92 Å². The fraction of sp³-hybridized carbons (Fsp3) is 0.579. The van der Waals surface area contributed by atoms with E-state index in [0.717, 1.165) is 56.2 Å². The lowest BCUT2D eigenvalue weighted by atomic mass is 9.96. The van der Waals surface area contributed by atoms with Crippen LogP contribution in [0.1, 0.15) is 24.8 Å². The number of likely N-dealkylation sites (tertiary alicyclic amines) is 1. The Bertz CT molecular complexity index is 636. The molecule has 2 saturated heterocycles. The lowest BCUT2D eigenvalue weighted by molar-refractivity contribution is -0.123. The summed E-state index contributed by atoms with van der Waals surface area (Å²) in [6.45, 7) is 3.57. The first-order valence-corrected chi connectivity index (χ1v) is 10.5. The molecule has 0 radical (unpaired) electrons. The molecule has 1 unspecified atom stereocenters. The molecule has 1 aromatic carbocycles. The molecule has 158 valence electrons. The van der Waals surface area contributed by atoms with Crippen LogP contribution in [0.3, 0.4) is 0 Å². The van der Waals surface area contributed by atoms with Crippen LogP contribution in [-0.4, -0.2) is 53.9 Å². The number of rotatable bonds is 6. The topological polar surface area (TPSA) is 87.5 Å². The van der Waals surface area contributed by atoms with Crippen molar-refractivity contribution in [1.29, 1.82) is 0 Å². The molecule has 3 rings (SSSR count). The minimum absolute atomic E-state index is 0. The van der Waals surface area contributed by atoms with Gasteiger partial charge in [-0.25, -0.2) is 0 Å². The molecule has 0 aliphatic carbocycles. The lowest BCUT2D eigenvalue weighted by Crippen LogP contribution is -2.39. The van der Waals surface area contributed by atoms with Crippen molar-refractivity contribution in [3.05, 3.63) is 29.8 Å². The van der Waals surface area contributed by atoms with E-state index in [-0.39, 0.29) is 48.6 Å². The number of carbonyl (C=O) groups is 2. The minimum atomic E-state index is -0.180. The number of nitrogens with two attached hydrogens (primary N) is 1. The number of carbonyl (C=O) groups excluding carboxylic acids is 2. The molecule has 0 spiro atoms. The summed E-state index contributed by atoms with van der Waals surface area (Å²) in [4.78, 5) is 25.9. The smallest absolute Gasteiger partial charge is 0.225 e. The molecule has 1 aromatic rings. The monoisotopic (exact) mass is 448 g/mol. The normalized spacial score (nSPS) is 20.5. The Balaban J connectivity index is 0.00000196. The highest BCUT2D eigenvalue weighted by molar-refractivity contribution is 7.99. The van der Waals surface area contributed by atoms with Gasteiger partial charge in [0.2, 0.25) is 11.8 Å². The largest absolute Gasteiger partial charge is 0.369 e. The van der Waals surface area contributed by atoms with Gasteiger partial charge in [0.15, 0.2) is 0 Å². The molecule has 2 aliphatic heterocycles. The van der Waals surface area contributed by atoms with Crippen LogP contribution < -0.4 is 16.4 Å². The van der Waals surface area contributed by atoms with E-state index in [2.05, 4.69) is 21.6 Å². The van der Waals surface area contributed by atoms with Gasteiger partial charge in [-0.2, -0.15) is 11.8 Å². The van der Waals surface area contributed by atoms with E-state index in [9.17, 15) is 9.59 Å². The van der Waals surface area contributed by atoms with E-state index in [1.165, 1.54) is 5.56 Å². The first-order valence-electron chi connectivity index (χ1n) is 9.32. The molecule has 2 amide bonds. The molecular formula is C19H30Cl2N4O2S. The van der Waals surface area contributed by atoms with Gasteiger partial charge in [0.25, 0.3) is 0 Å². The Kier molecular flexibility index (Phi) is 11.2. The van der Waals surface area contributed by atoms with Crippen molar-refractivity contribution < 1.29 is 9.59 Å². The maximum absolute atomic E-state index is 12.3. The zero-order valence-corrected chi connectivity index (χ0v) is 18.3. The van der Waals surface area contributed by atoms with Crippen LogP contribution in [0.4, 0.5) is 5.69 Å². The summed E-state index contributed by atoms with van der Waals surface area (Å²) in [5, 5.41) is 6.41. The second-order valence-electron chi connectivity index (χ2n) is 7.13. The van der Waals surface area contributed by atoms with Gasteiger partial charge in [-0.15, -0.1) is 24.8 Å². The molecule has 2 aliphatic rings. The summed E-state index contributed by atoms with van der Waals surface area (Å²) in [6.07, 6.45) is 2.17. The van der Waals surface area contributed by atoms with E-state index < -0.39 is 0 Å². The van der Waals surface area contributed by atoms with Gasteiger partial charge in [-0.05, 0) is 43.6 Å². The summed E-state index contributed by atoms with van der Waals surface area (Å²) in [7, 11) is 0. The van der Waals surface area contributed by atoms with E-state index in [1.807, 2.05) is 30.0 Å². The van der Waals surface area contributed by atoms with Gasteiger partial charge in [0, 0.05) is 48.7 Å². The van der Waals surface area contributed by atoms with E-state index in [1.54, 1.807) is 0 Å². The third kappa shape index (κ3) is 7.79. The molecule has 2 fully saturated rings. The number of primary amides is 1. The maximum atomic E-state index is 12.3. The zero-order chi connectivity index (χ0) is 18.4. The van der Waals surface area contributed by atoms with Crippen molar-refractivity contribution in [2.75, 3.05) is 36.5 Å². The number of hydrogen-bond donors (Lipinski definition) is 3. The van der Waals surface area contributed by atoms with Gasteiger partial charge in [0.1, 0.15) is 0 Å². The second-order valence-corrected chi connectivity index (χ2v) is 8.28. The Morgan fingerprint density at radius 2 is 2.00 bits per heavy atom. The van der Waals surface area contributed by atoms with Crippen LogP contribution in [-0.2, 0) is 16.1 Å². The fourth-order valence-electron chi connectivity index (χ4n) is 3.57. The quantitative estimate of drug-likeness (QED) is 0.620. The molecule has 6 nitrogen and oxygen atoms in total. The molecule has 0 bridgehead atoms. The lowest BCUT2D eigenvalue weighted by Gasteiger charge is -2.30. The fourth-order valence-corrected chi connectivity index (χ4v) is 4.52. The van der Waals surface area contributed by atoms with Gasteiger partial charge in [-0.3, -0.25) is 14.5 Å². The number of nitrogens with one attached hydrogen (secondary N) is 2. The van der Waals surface area contributed by atoms with Gasteiger partial charge >= 0.3 is 0 Å². The minimum Gasteiger partial charge on any atom is -0.369 e. The highest BCUT2D eigenvalue weighted by Gasteiger charge is 2.23. The van der Waals surface area contributed by atoms with Crippen molar-refractivity contribution in [2.45, 2.75) is 31.8 Å². The number of hydrogen-bond acceptors (Lipinski definition) is 5. The van der Waals surface area contributed by atoms with Crippen molar-refractivity contribution in [1.82, 2.24) is 10.2 Å². The van der Waals surface area contributed by atoms with E-state index in [0.29, 0.717) is 6.42 Å². The molecule has 28 heavy (non-hydrogen) atoms. The molecule has 9 heteroatoms. The molecule has 4 N–H and O–H groups in total. The van der Waals surface area contributed by atoms with Gasteiger partial charge in [0.05, 0.1) is 0 Å². The molecule has 1 atom stereocenters. The summed E-state index contributed by atoms with van der Waals surface area (Å²) < 4.78 is 0. The SMILES string of the molecule is Cl.Cl.NC(=O)C1CCN(Cc2cccc(NC(=O)CC3CSCCN3)c2)CC1. The van der Waals surface area contributed by atoms with Crippen molar-refractivity contribution in [3.8, 4) is 0 Å². The van der Waals surface area contributed by atoms with Gasteiger partial charge < -0.3 is 16.4 Å². The number of thioether (sulfide) groups is 1. The Morgan fingerprint density at radius 3 is 2.64 bits per heavy atom. The van der Waals surface area contributed by atoms with Crippen molar-refractivity contribution in [2.24, 2.45) is 11.7 Å². The van der Waals surface area contributed by atoms with Gasteiger partial charge in [-0.1, -0.05) is 12.1 Å². The third-order valence-corrected chi connectivity index (χ3v) is 6.17. The Hall–Kier alpha value is -0.990. The average molecular weight is 449 g/mol. The zero-order valence-electron chi connectivity index (χ0n) is 15.9. The highest BCUT2D eigenvalue weighted by Crippen LogP contribution is 2.20. The van der Waals surface area contributed by atoms with Crippen LogP contribution in [0.25, 0.3) is 0 Å². The van der Waals surface area contributed by atoms with Crippen molar-refractivity contribution in [3.63, 3.8) is 0 Å². The molecule has 0 aromatic heterocycles. The first kappa shape index (κ1) is 25.0. The predicted molar refractivity (Wildman–Crippen MR) is 120 cm³/mol.